The number of pyridine rings is 1. The van der Waals surface area contributed by atoms with Crippen LogP contribution < -0.4 is 0 Å². The Morgan fingerprint density at radius 2 is 2.20 bits per heavy atom. The molecule has 0 spiro atoms. The van der Waals surface area contributed by atoms with E-state index in [1.165, 1.54) is 0 Å². The zero-order chi connectivity index (χ0) is 14.5. The lowest BCUT2D eigenvalue weighted by molar-refractivity contribution is 0.0539. The van der Waals surface area contributed by atoms with Crippen LogP contribution in [0, 0.1) is 0 Å². The molecule has 1 fully saturated rings. The number of likely N-dealkylation sites (tertiary alicyclic amines) is 1. The summed E-state index contributed by atoms with van der Waals surface area (Å²) in [7, 11) is 2.09. The van der Waals surface area contributed by atoms with Crippen molar-refractivity contribution < 1.29 is 9.90 Å². The van der Waals surface area contributed by atoms with Gasteiger partial charge in [-0.25, -0.2) is 0 Å². The number of hydrogen-bond acceptors (Lipinski definition) is 4. The van der Waals surface area contributed by atoms with Gasteiger partial charge in [-0.2, -0.15) is 0 Å². The smallest absolute Gasteiger partial charge is 0.255 e. The number of hydrogen-bond donors (Lipinski definition) is 1. The largest absolute Gasteiger partial charge is 0.395 e. The molecule has 2 rings (SSSR count). The van der Waals surface area contributed by atoms with Crippen LogP contribution in [-0.2, 0) is 0 Å². The van der Waals surface area contributed by atoms with Crippen molar-refractivity contribution in [3.05, 3.63) is 28.5 Å². The first kappa shape index (κ1) is 15.4. The molecule has 0 aliphatic carbocycles. The number of carbonyl (C=O) groups is 1. The minimum atomic E-state index is -0.0533. The highest BCUT2D eigenvalue weighted by atomic mass is 79.9. The average molecular weight is 342 g/mol. The van der Waals surface area contributed by atoms with Gasteiger partial charge in [-0.1, -0.05) is 0 Å². The van der Waals surface area contributed by atoms with E-state index in [-0.39, 0.29) is 18.6 Å². The van der Waals surface area contributed by atoms with E-state index in [4.69, 9.17) is 0 Å². The summed E-state index contributed by atoms with van der Waals surface area (Å²) in [5, 5.41) is 9.24. The predicted molar refractivity (Wildman–Crippen MR) is 80.6 cm³/mol. The molecule has 1 saturated heterocycles. The van der Waals surface area contributed by atoms with Crippen molar-refractivity contribution in [2.45, 2.75) is 18.9 Å². The van der Waals surface area contributed by atoms with Gasteiger partial charge in [0.05, 0.1) is 12.2 Å². The number of piperidine rings is 1. The van der Waals surface area contributed by atoms with Crippen molar-refractivity contribution in [3.8, 4) is 0 Å². The molecule has 0 unspecified atom stereocenters. The Kier molecular flexibility index (Phi) is 5.51. The van der Waals surface area contributed by atoms with Crippen LogP contribution in [0.4, 0.5) is 0 Å². The molecule has 1 aliphatic heterocycles. The summed E-state index contributed by atoms with van der Waals surface area (Å²) in [5.41, 5.74) is 0.562. The monoisotopic (exact) mass is 341 g/mol. The molecule has 6 heteroatoms. The lowest BCUT2D eigenvalue weighted by atomic mass is 10.0. The summed E-state index contributed by atoms with van der Waals surface area (Å²) in [6.45, 7) is 2.33. The molecular formula is C14H20BrN3O2. The van der Waals surface area contributed by atoms with E-state index in [0.29, 0.717) is 12.1 Å². The van der Waals surface area contributed by atoms with Crippen LogP contribution in [0.15, 0.2) is 22.9 Å². The van der Waals surface area contributed by atoms with Crippen LogP contribution in [-0.4, -0.2) is 65.1 Å². The van der Waals surface area contributed by atoms with Gasteiger partial charge in [-0.15, -0.1) is 0 Å². The van der Waals surface area contributed by atoms with Crippen molar-refractivity contribution >= 4 is 21.8 Å². The Hall–Kier alpha value is -0.980. The highest BCUT2D eigenvalue weighted by Crippen LogP contribution is 2.19. The minimum absolute atomic E-state index is 0.0144. The molecule has 110 valence electrons. The van der Waals surface area contributed by atoms with Crippen LogP contribution in [0.5, 0.6) is 0 Å². The molecule has 0 aromatic carbocycles. The molecule has 1 aliphatic rings. The first-order valence-electron chi connectivity index (χ1n) is 6.82. The SMILES string of the molecule is CN1CCC(N(CCO)C(=O)c2cncc(Br)c2)CC1. The third-order valence-corrected chi connectivity index (χ3v) is 4.12. The van der Waals surface area contributed by atoms with E-state index < -0.39 is 0 Å². The van der Waals surface area contributed by atoms with Crippen LogP contribution in [0.1, 0.15) is 23.2 Å². The Morgan fingerprint density at radius 3 is 2.80 bits per heavy atom. The van der Waals surface area contributed by atoms with Gasteiger partial charge in [0, 0.05) is 29.5 Å². The molecule has 0 radical (unpaired) electrons. The minimum Gasteiger partial charge on any atom is -0.395 e. The van der Waals surface area contributed by atoms with Gasteiger partial charge in [-0.05, 0) is 55.0 Å². The number of amides is 1. The van der Waals surface area contributed by atoms with Gasteiger partial charge in [0.25, 0.3) is 5.91 Å². The first-order valence-corrected chi connectivity index (χ1v) is 7.62. The van der Waals surface area contributed by atoms with Crippen LogP contribution >= 0.6 is 15.9 Å². The van der Waals surface area contributed by atoms with Gasteiger partial charge in [0.15, 0.2) is 0 Å². The zero-order valence-electron chi connectivity index (χ0n) is 11.6. The fraction of sp³-hybridized carbons (Fsp3) is 0.571. The fourth-order valence-electron chi connectivity index (χ4n) is 2.56. The van der Waals surface area contributed by atoms with E-state index in [1.54, 1.807) is 23.4 Å². The van der Waals surface area contributed by atoms with Crippen molar-refractivity contribution in [2.24, 2.45) is 0 Å². The lowest BCUT2D eigenvalue weighted by Crippen LogP contribution is -2.47. The number of aliphatic hydroxyl groups is 1. The summed E-state index contributed by atoms with van der Waals surface area (Å²) in [5.74, 6) is -0.0533. The number of halogens is 1. The molecule has 5 nitrogen and oxygen atoms in total. The molecule has 0 atom stereocenters. The summed E-state index contributed by atoms with van der Waals surface area (Å²) in [6, 6.07) is 1.97. The maximum absolute atomic E-state index is 12.6. The van der Waals surface area contributed by atoms with Crippen molar-refractivity contribution in [2.75, 3.05) is 33.3 Å². The lowest BCUT2D eigenvalue weighted by Gasteiger charge is -2.37. The van der Waals surface area contributed by atoms with Crippen LogP contribution in [0.2, 0.25) is 0 Å². The van der Waals surface area contributed by atoms with Crippen molar-refractivity contribution in [1.82, 2.24) is 14.8 Å². The molecule has 1 aromatic heterocycles. The van der Waals surface area contributed by atoms with E-state index in [0.717, 1.165) is 30.4 Å². The van der Waals surface area contributed by atoms with E-state index >= 15 is 0 Å². The van der Waals surface area contributed by atoms with Gasteiger partial charge in [0.2, 0.25) is 0 Å². The zero-order valence-corrected chi connectivity index (χ0v) is 13.2. The average Bonchev–Trinajstić information content (AvgIpc) is 2.45. The number of carbonyl (C=O) groups excluding carboxylic acids is 1. The highest BCUT2D eigenvalue weighted by Gasteiger charge is 2.27. The second-order valence-electron chi connectivity index (χ2n) is 5.15. The number of aliphatic hydroxyl groups excluding tert-OH is 1. The Bertz CT molecular complexity index is 461. The van der Waals surface area contributed by atoms with Gasteiger partial charge in [-0.3, -0.25) is 9.78 Å². The molecule has 1 N–H and O–H groups in total. The molecule has 1 aromatic rings. The van der Waals surface area contributed by atoms with Gasteiger partial charge in [0.1, 0.15) is 0 Å². The maximum Gasteiger partial charge on any atom is 0.255 e. The molecule has 2 heterocycles. The van der Waals surface area contributed by atoms with Crippen LogP contribution in [0.3, 0.4) is 0 Å². The quantitative estimate of drug-likeness (QED) is 0.898. The van der Waals surface area contributed by atoms with Crippen molar-refractivity contribution in [1.29, 1.82) is 0 Å². The molecule has 0 saturated carbocycles. The molecule has 0 bridgehead atoms. The molecular weight excluding hydrogens is 322 g/mol. The van der Waals surface area contributed by atoms with E-state index in [2.05, 4.69) is 32.9 Å². The number of aromatic nitrogens is 1. The maximum atomic E-state index is 12.6. The molecule has 1 amide bonds. The number of rotatable bonds is 4. The standard InChI is InChI=1S/C14H20BrN3O2/c1-17-4-2-13(3-5-17)18(6-7-19)14(20)11-8-12(15)10-16-9-11/h8-10,13,19H,2-7H2,1H3. The van der Waals surface area contributed by atoms with Crippen molar-refractivity contribution in [3.63, 3.8) is 0 Å². The van der Waals surface area contributed by atoms with E-state index in [9.17, 15) is 9.90 Å². The third kappa shape index (κ3) is 3.77. The van der Waals surface area contributed by atoms with Gasteiger partial charge < -0.3 is 14.9 Å². The third-order valence-electron chi connectivity index (χ3n) is 3.68. The second-order valence-corrected chi connectivity index (χ2v) is 6.06. The Balaban J connectivity index is 2.13. The number of nitrogens with zero attached hydrogens (tertiary/aromatic N) is 3. The highest BCUT2D eigenvalue weighted by molar-refractivity contribution is 9.10. The normalized spacial score (nSPS) is 17.1. The summed E-state index contributed by atoms with van der Waals surface area (Å²) < 4.78 is 0.788. The Morgan fingerprint density at radius 1 is 1.50 bits per heavy atom. The Labute approximate surface area is 127 Å². The first-order chi connectivity index (χ1) is 9.61. The summed E-state index contributed by atoms with van der Waals surface area (Å²) in [6.07, 6.45) is 5.13. The van der Waals surface area contributed by atoms with Crippen LogP contribution in [0.25, 0.3) is 0 Å². The van der Waals surface area contributed by atoms with Gasteiger partial charge >= 0.3 is 0 Å². The predicted octanol–water partition coefficient (Wildman–Crippen LogP) is 1.37. The van der Waals surface area contributed by atoms with E-state index in [1.807, 2.05) is 0 Å². The molecule has 20 heavy (non-hydrogen) atoms. The fourth-order valence-corrected chi connectivity index (χ4v) is 2.92. The topological polar surface area (TPSA) is 56.7 Å². The second kappa shape index (κ2) is 7.15. The summed E-state index contributed by atoms with van der Waals surface area (Å²) >= 11 is 3.33. The summed E-state index contributed by atoms with van der Waals surface area (Å²) in [4.78, 5) is 20.7.